The van der Waals surface area contributed by atoms with Gasteiger partial charge in [-0.3, -0.25) is 4.21 Å². The van der Waals surface area contributed by atoms with Crippen molar-refractivity contribution in [1.29, 1.82) is 0 Å². The summed E-state index contributed by atoms with van der Waals surface area (Å²) in [6.45, 7) is 0. The van der Waals surface area contributed by atoms with Crippen molar-refractivity contribution in [2.24, 2.45) is 0 Å². The average Bonchev–Trinajstić information content (AvgIpc) is 2.74. The topological polar surface area (TPSA) is 58.2 Å². The Morgan fingerprint density at radius 3 is 2.00 bits per heavy atom. The van der Waals surface area contributed by atoms with E-state index in [9.17, 15) is 9.00 Å². The summed E-state index contributed by atoms with van der Waals surface area (Å²) in [5.74, 6) is 1.46. The zero-order chi connectivity index (χ0) is 11.4. The van der Waals surface area contributed by atoms with Crippen molar-refractivity contribution in [3.05, 3.63) is 0 Å². The van der Waals surface area contributed by atoms with Gasteiger partial charge >= 0.3 is 6.03 Å². The second-order valence-electron chi connectivity index (χ2n) is 4.72. The highest BCUT2D eigenvalue weighted by Crippen LogP contribution is 2.17. The number of rotatable bonds is 2. The van der Waals surface area contributed by atoms with Crippen LogP contribution in [-0.2, 0) is 10.8 Å². The van der Waals surface area contributed by atoms with E-state index in [4.69, 9.17) is 0 Å². The molecule has 0 radical (unpaired) electrons. The molecule has 2 aliphatic rings. The minimum absolute atomic E-state index is 0.0374. The van der Waals surface area contributed by atoms with Crippen LogP contribution < -0.4 is 10.6 Å². The highest BCUT2D eigenvalue weighted by molar-refractivity contribution is 7.85. The number of carbonyl (C=O) groups excluding carboxylic acids is 1. The Bertz CT molecular complexity index is 267. The minimum atomic E-state index is -0.651. The Labute approximate surface area is 99.0 Å². The average molecular weight is 244 g/mol. The molecule has 0 aromatic carbocycles. The van der Waals surface area contributed by atoms with Crippen molar-refractivity contribution >= 4 is 16.8 Å². The fourth-order valence-corrected chi connectivity index (χ4v) is 3.72. The summed E-state index contributed by atoms with van der Waals surface area (Å²) < 4.78 is 11.2. The highest BCUT2D eigenvalue weighted by Gasteiger charge is 2.21. The molecule has 0 unspecified atom stereocenters. The van der Waals surface area contributed by atoms with Crippen LogP contribution >= 0.6 is 0 Å². The molecular weight excluding hydrogens is 224 g/mol. The van der Waals surface area contributed by atoms with Gasteiger partial charge in [-0.15, -0.1) is 0 Å². The lowest BCUT2D eigenvalue weighted by molar-refractivity contribution is 0.232. The first-order chi connectivity index (χ1) is 7.74. The standard InChI is InChI=1S/C11H20N2O2S/c14-11(12-9-3-1-2-4-9)13-10-5-7-16(15)8-6-10/h9-10H,1-8H2,(H2,12,13,14). The summed E-state index contributed by atoms with van der Waals surface area (Å²) in [6, 6.07) is 0.557. The number of hydrogen-bond acceptors (Lipinski definition) is 2. The molecule has 2 N–H and O–H groups in total. The molecule has 1 aliphatic heterocycles. The van der Waals surface area contributed by atoms with E-state index in [0.717, 1.165) is 37.2 Å². The third kappa shape index (κ3) is 3.47. The molecule has 0 aromatic rings. The van der Waals surface area contributed by atoms with Gasteiger partial charge in [-0.05, 0) is 25.7 Å². The molecule has 16 heavy (non-hydrogen) atoms. The summed E-state index contributed by atoms with van der Waals surface area (Å²) in [6.07, 6.45) is 6.39. The molecule has 1 saturated carbocycles. The van der Waals surface area contributed by atoms with E-state index in [-0.39, 0.29) is 12.1 Å². The second kappa shape index (κ2) is 5.66. The molecule has 0 aromatic heterocycles. The Kier molecular flexibility index (Phi) is 4.21. The van der Waals surface area contributed by atoms with Gasteiger partial charge in [-0.1, -0.05) is 12.8 Å². The quantitative estimate of drug-likeness (QED) is 0.765. The molecule has 5 heteroatoms. The zero-order valence-corrected chi connectivity index (χ0v) is 10.4. The van der Waals surface area contributed by atoms with Gasteiger partial charge in [-0.25, -0.2) is 4.79 Å². The molecule has 4 nitrogen and oxygen atoms in total. The van der Waals surface area contributed by atoms with Gasteiger partial charge in [0.1, 0.15) is 0 Å². The summed E-state index contributed by atoms with van der Waals surface area (Å²) in [4.78, 5) is 11.7. The molecule has 0 bridgehead atoms. The molecule has 1 heterocycles. The zero-order valence-electron chi connectivity index (χ0n) is 9.54. The Morgan fingerprint density at radius 2 is 1.44 bits per heavy atom. The van der Waals surface area contributed by atoms with Crippen LogP contribution in [0.3, 0.4) is 0 Å². The smallest absolute Gasteiger partial charge is 0.315 e. The van der Waals surface area contributed by atoms with Crippen molar-refractivity contribution in [2.75, 3.05) is 11.5 Å². The maximum atomic E-state index is 11.7. The third-order valence-electron chi connectivity index (χ3n) is 3.41. The predicted molar refractivity (Wildman–Crippen MR) is 64.8 cm³/mol. The van der Waals surface area contributed by atoms with Crippen LogP contribution in [0.25, 0.3) is 0 Å². The molecular formula is C11H20N2O2S. The molecule has 2 amide bonds. The van der Waals surface area contributed by atoms with E-state index >= 15 is 0 Å². The van der Waals surface area contributed by atoms with Gasteiger partial charge in [0.25, 0.3) is 0 Å². The number of nitrogens with one attached hydrogen (secondary N) is 2. The first-order valence-electron chi connectivity index (χ1n) is 6.16. The molecule has 0 spiro atoms. The first kappa shape index (κ1) is 11.9. The van der Waals surface area contributed by atoms with Gasteiger partial charge < -0.3 is 10.6 Å². The molecule has 2 rings (SSSR count). The van der Waals surface area contributed by atoms with Crippen LogP contribution in [0.1, 0.15) is 38.5 Å². The number of carbonyl (C=O) groups is 1. The van der Waals surface area contributed by atoms with E-state index in [1.807, 2.05) is 0 Å². The first-order valence-corrected chi connectivity index (χ1v) is 7.65. The van der Waals surface area contributed by atoms with E-state index in [2.05, 4.69) is 10.6 Å². The van der Waals surface area contributed by atoms with Gasteiger partial charge in [0.15, 0.2) is 0 Å². The van der Waals surface area contributed by atoms with Gasteiger partial charge in [0.2, 0.25) is 0 Å². The van der Waals surface area contributed by atoms with E-state index < -0.39 is 10.8 Å². The molecule has 92 valence electrons. The monoisotopic (exact) mass is 244 g/mol. The SMILES string of the molecule is O=C(NC1CCCC1)NC1CCS(=O)CC1. The maximum absolute atomic E-state index is 11.7. The van der Waals surface area contributed by atoms with Gasteiger partial charge in [0, 0.05) is 34.4 Å². The Hall–Kier alpha value is -0.580. The van der Waals surface area contributed by atoms with E-state index in [0.29, 0.717) is 6.04 Å². The lowest BCUT2D eigenvalue weighted by Gasteiger charge is -2.23. The highest BCUT2D eigenvalue weighted by atomic mass is 32.2. The summed E-state index contributed by atoms with van der Waals surface area (Å²) in [5.41, 5.74) is 0. The number of urea groups is 1. The minimum Gasteiger partial charge on any atom is -0.335 e. The van der Waals surface area contributed by atoms with Crippen molar-refractivity contribution in [1.82, 2.24) is 10.6 Å². The molecule has 0 atom stereocenters. The van der Waals surface area contributed by atoms with Crippen LogP contribution in [-0.4, -0.2) is 33.8 Å². The van der Waals surface area contributed by atoms with Crippen LogP contribution in [0.15, 0.2) is 0 Å². The van der Waals surface area contributed by atoms with Crippen molar-refractivity contribution in [3.63, 3.8) is 0 Å². The summed E-state index contributed by atoms with van der Waals surface area (Å²) in [7, 11) is -0.651. The Morgan fingerprint density at radius 1 is 0.938 bits per heavy atom. The van der Waals surface area contributed by atoms with E-state index in [1.165, 1.54) is 12.8 Å². The van der Waals surface area contributed by atoms with Crippen molar-refractivity contribution in [2.45, 2.75) is 50.6 Å². The second-order valence-corrected chi connectivity index (χ2v) is 6.42. The predicted octanol–water partition coefficient (Wildman–Crippen LogP) is 1.14. The fraction of sp³-hybridized carbons (Fsp3) is 0.909. The van der Waals surface area contributed by atoms with Gasteiger partial charge in [0.05, 0.1) is 0 Å². The number of amides is 2. The molecule has 1 aliphatic carbocycles. The van der Waals surface area contributed by atoms with Crippen LogP contribution in [0.2, 0.25) is 0 Å². The lowest BCUT2D eigenvalue weighted by atomic mass is 10.1. The lowest BCUT2D eigenvalue weighted by Crippen LogP contribution is -2.47. The van der Waals surface area contributed by atoms with Crippen molar-refractivity contribution < 1.29 is 9.00 Å². The summed E-state index contributed by atoms with van der Waals surface area (Å²) in [5, 5.41) is 5.99. The summed E-state index contributed by atoms with van der Waals surface area (Å²) >= 11 is 0. The van der Waals surface area contributed by atoms with Crippen LogP contribution in [0, 0.1) is 0 Å². The third-order valence-corrected chi connectivity index (χ3v) is 4.80. The van der Waals surface area contributed by atoms with Gasteiger partial charge in [-0.2, -0.15) is 0 Å². The molecule has 2 fully saturated rings. The Balaban J connectivity index is 1.68. The van der Waals surface area contributed by atoms with Crippen LogP contribution in [0.5, 0.6) is 0 Å². The normalized spacial score (nSPS) is 31.2. The maximum Gasteiger partial charge on any atom is 0.315 e. The fourth-order valence-electron chi connectivity index (χ4n) is 2.42. The molecule has 1 saturated heterocycles. The largest absolute Gasteiger partial charge is 0.335 e. The van der Waals surface area contributed by atoms with Crippen LogP contribution in [0.4, 0.5) is 4.79 Å². The number of hydrogen-bond donors (Lipinski definition) is 2. The van der Waals surface area contributed by atoms with E-state index in [1.54, 1.807) is 0 Å². The van der Waals surface area contributed by atoms with Crippen molar-refractivity contribution in [3.8, 4) is 0 Å².